The van der Waals surface area contributed by atoms with E-state index in [4.69, 9.17) is 0 Å². The fourth-order valence-electron chi connectivity index (χ4n) is 1.81. The molecular weight excluding hydrogens is 362 g/mol. The van der Waals surface area contributed by atoms with Gasteiger partial charge in [-0.25, -0.2) is 22.4 Å². The van der Waals surface area contributed by atoms with Crippen LogP contribution in [0.4, 0.5) is 0 Å². The Morgan fingerprint density at radius 1 is 1.04 bits per heavy atom. The number of ether oxygens (including phenoxy) is 2. The predicted molar refractivity (Wildman–Crippen MR) is 96.6 cm³/mol. The average Bonchev–Trinajstić information content (AvgIpc) is 2.50. The fraction of sp³-hybridized carbons (Fsp3) is 0.500. The largest absolute Gasteiger partial charge is 0.465 e. The predicted octanol–water partition coefficient (Wildman–Crippen LogP) is 2.54. The van der Waals surface area contributed by atoms with Crippen LogP contribution in [0, 0.1) is 0 Å². The van der Waals surface area contributed by atoms with Crippen molar-refractivity contribution in [3.05, 3.63) is 29.3 Å². The minimum absolute atomic E-state index is 0.0331. The number of esters is 2. The number of carbonyl (C=O) groups excluding carboxylic acids is 2. The zero-order chi connectivity index (χ0) is 19.6. The third-order valence-electron chi connectivity index (χ3n) is 4.36. The Morgan fingerprint density at radius 2 is 1.56 bits per heavy atom. The van der Waals surface area contributed by atoms with Gasteiger partial charge in [-0.3, -0.25) is 0 Å². The highest BCUT2D eigenvalue weighted by molar-refractivity contribution is 7.91. The third-order valence-corrected chi connectivity index (χ3v) is 12.1. The topological polar surface area (TPSA) is 98.8 Å². The van der Waals surface area contributed by atoms with Crippen molar-refractivity contribution in [2.24, 2.45) is 0 Å². The molecule has 0 radical (unpaired) electrons. The molecule has 0 amide bonds. The van der Waals surface area contributed by atoms with Crippen LogP contribution in [0.5, 0.6) is 0 Å². The second-order valence-corrected chi connectivity index (χ2v) is 14.2. The van der Waals surface area contributed by atoms with E-state index in [0.717, 1.165) is 13.2 Å². The number of nitrogens with one attached hydrogen (secondary N) is 1. The lowest BCUT2D eigenvalue weighted by atomic mass is 10.1. The van der Waals surface area contributed by atoms with Crippen molar-refractivity contribution in [2.75, 3.05) is 14.2 Å². The Bertz CT molecular complexity index is 780. The summed E-state index contributed by atoms with van der Waals surface area (Å²) in [4.78, 5) is 23.4. The van der Waals surface area contributed by atoms with Crippen LogP contribution in [0.15, 0.2) is 23.1 Å². The molecule has 0 fully saturated rings. The fourth-order valence-corrected chi connectivity index (χ4v) is 6.89. The highest BCUT2D eigenvalue weighted by atomic mass is 32.2. The summed E-state index contributed by atoms with van der Waals surface area (Å²) < 4.78 is 38.0. The van der Waals surface area contributed by atoms with Crippen molar-refractivity contribution in [1.82, 2.24) is 4.39 Å². The van der Waals surface area contributed by atoms with Gasteiger partial charge in [0.1, 0.15) is 8.24 Å². The zero-order valence-corrected chi connectivity index (χ0v) is 17.4. The van der Waals surface area contributed by atoms with Crippen LogP contribution in [-0.2, 0) is 19.5 Å². The van der Waals surface area contributed by atoms with E-state index in [1.165, 1.54) is 19.2 Å². The van der Waals surface area contributed by atoms with Gasteiger partial charge in [0.2, 0.25) is 10.0 Å². The maximum Gasteiger partial charge on any atom is 0.339 e. The van der Waals surface area contributed by atoms with Crippen molar-refractivity contribution in [3.8, 4) is 0 Å². The molecule has 0 atom stereocenters. The molecule has 7 nitrogen and oxygen atoms in total. The monoisotopic (exact) mass is 387 g/mol. The summed E-state index contributed by atoms with van der Waals surface area (Å²) in [6.07, 6.45) is 0. The van der Waals surface area contributed by atoms with E-state index < -0.39 is 30.2 Å². The van der Waals surface area contributed by atoms with Crippen LogP contribution >= 0.6 is 0 Å². The van der Waals surface area contributed by atoms with E-state index in [1.807, 2.05) is 33.9 Å². The Hall–Kier alpha value is -1.71. The summed E-state index contributed by atoms with van der Waals surface area (Å²) in [5, 5.41) is -0.258. The lowest BCUT2D eigenvalue weighted by Gasteiger charge is -2.36. The molecule has 0 saturated heterocycles. The normalized spacial score (nSPS) is 12.6. The molecule has 25 heavy (non-hydrogen) atoms. The van der Waals surface area contributed by atoms with Crippen LogP contribution in [-0.4, -0.2) is 42.8 Å². The maximum atomic E-state index is 13.0. The van der Waals surface area contributed by atoms with Gasteiger partial charge in [-0.2, -0.15) is 0 Å². The summed E-state index contributed by atoms with van der Waals surface area (Å²) in [5.41, 5.74) is -0.105. The molecule has 0 aromatic heterocycles. The van der Waals surface area contributed by atoms with Crippen molar-refractivity contribution >= 4 is 30.2 Å². The van der Waals surface area contributed by atoms with Crippen molar-refractivity contribution in [1.29, 1.82) is 0 Å². The van der Waals surface area contributed by atoms with Crippen LogP contribution in [0.2, 0.25) is 18.1 Å². The third kappa shape index (κ3) is 4.68. The van der Waals surface area contributed by atoms with Gasteiger partial charge >= 0.3 is 11.9 Å². The molecule has 1 aromatic carbocycles. The maximum absolute atomic E-state index is 13.0. The molecule has 0 heterocycles. The van der Waals surface area contributed by atoms with E-state index >= 15 is 0 Å². The van der Waals surface area contributed by atoms with Crippen LogP contribution in [0.3, 0.4) is 0 Å². The molecule has 1 rings (SSSR count). The molecule has 0 aliphatic carbocycles. The van der Waals surface area contributed by atoms with E-state index in [0.29, 0.717) is 0 Å². The Balaban J connectivity index is 3.55. The zero-order valence-electron chi connectivity index (χ0n) is 15.6. The number of carbonyl (C=O) groups is 2. The lowest BCUT2D eigenvalue weighted by Crippen LogP contribution is -2.54. The molecule has 1 aromatic rings. The first-order chi connectivity index (χ1) is 11.3. The first-order valence-electron chi connectivity index (χ1n) is 7.61. The summed E-state index contributed by atoms with van der Waals surface area (Å²) in [6, 6.07) is 3.70. The van der Waals surface area contributed by atoms with E-state index in [-0.39, 0.29) is 21.1 Å². The van der Waals surface area contributed by atoms with Gasteiger partial charge in [-0.1, -0.05) is 33.9 Å². The number of sulfonamides is 1. The molecular formula is C16H25NO6SSi. The Labute approximate surface area is 149 Å². The minimum atomic E-state index is -4.05. The van der Waals surface area contributed by atoms with Crippen LogP contribution in [0.1, 0.15) is 41.5 Å². The summed E-state index contributed by atoms with van der Waals surface area (Å²) >= 11 is 0. The summed E-state index contributed by atoms with van der Waals surface area (Å²) in [5.74, 6) is -1.49. The second kappa shape index (κ2) is 7.26. The molecule has 140 valence electrons. The number of hydrogen-bond donors (Lipinski definition) is 1. The molecule has 0 spiro atoms. The van der Waals surface area contributed by atoms with Crippen LogP contribution in [0.25, 0.3) is 0 Å². The van der Waals surface area contributed by atoms with Gasteiger partial charge in [0.05, 0.1) is 30.2 Å². The van der Waals surface area contributed by atoms with Gasteiger partial charge in [-0.05, 0) is 23.2 Å². The second-order valence-electron chi connectivity index (χ2n) is 7.17. The van der Waals surface area contributed by atoms with Gasteiger partial charge in [0, 0.05) is 0 Å². The molecule has 9 heteroatoms. The number of rotatable bonds is 5. The van der Waals surface area contributed by atoms with E-state index in [1.54, 1.807) is 0 Å². The SMILES string of the molecule is COC(=O)c1ccc(C(=O)OC)c(S(=O)(=O)N[Si](C)(C)C(C)(C)C)c1. The first kappa shape index (κ1) is 21.3. The molecule has 0 saturated carbocycles. The van der Waals surface area contributed by atoms with Crippen molar-refractivity contribution in [2.45, 2.75) is 43.8 Å². The van der Waals surface area contributed by atoms with Gasteiger partial charge in [-0.15, -0.1) is 0 Å². The minimum Gasteiger partial charge on any atom is -0.465 e. The average molecular weight is 388 g/mol. The first-order valence-corrected chi connectivity index (χ1v) is 12.1. The number of hydrogen-bond acceptors (Lipinski definition) is 6. The summed E-state index contributed by atoms with van der Waals surface area (Å²) in [7, 11) is -4.14. The standard InChI is InChI=1S/C16H25NO6SSi/c1-16(2,3)25(6,7)17-24(20,21)13-10-11(14(18)22-4)8-9-12(13)15(19)23-5/h8-10,17H,1-7H3. The molecule has 0 bridgehead atoms. The van der Waals surface area contributed by atoms with Gasteiger partial charge in [0.15, 0.2) is 0 Å². The van der Waals surface area contributed by atoms with Gasteiger partial charge in [0.25, 0.3) is 0 Å². The molecule has 1 N–H and O–H groups in total. The van der Waals surface area contributed by atoms with E-state index in [9.17, 15) is 18.0 Å². The smallest absolute Gasteiger partial charge is 0.339 e. The van der Waals surface area contributed by atoms with Crippen molar-refractivity contribution in [3.63, 3.8) is 0 Å². The Kier molecular flexibility index (Phi) is 6.20. The molecule has 0 aliphatic heterocycles. The summed E-state index contributed by atoms with van der Waals surface area (Å²) in [6.45, 7) is 9.62. The van der Waals surface area contributed by atoms with Gasteiger partial charge < -0.3 is 9.47 Å². The highest BCUT2D eigenvalue weighted by Crippen LogP contribution is 2.35. The number of methoxy groups -OCH3 is 2. The molecule has 0 aliphatic rings. The van der Waals surface area contributed by atoms with Crippen molar-refractivity contribution < 1.29 is 27.5 Å². The van der Waals surface area contributed by atoms with Crippen LogP contribution < -0.4 is 4.39 Å². The molecule has 0 unspecified atom stereocenters. The quantitative estimate of drug-likeness (QED) is 0.616. The van der Waals surface area contributed by atoms with E-state index in [2.05, 4.69) is 13.9 Å². The number of benzene rings is 1. The Morgan fingerprint density at radius 3 is 2.00 bits per heavy atom. The highest BCUT2D eigenvalue weighted by Gasteiger charge is 2.40. The lowest BCUT2D eigenvalue weighted by molar-refractivity contribution is 0.0583.